The molecule has 7 nitrogen and oxygen atoms in total. The first kappa shape index (κ1) is 23.4. The Morgan fingerprint density at radius 2 is 1.47 bits per heavy atom. The third-order valence-electron chi connectivity index (χ3n) is 4.22. The van der Waals surface area contributed by atoms with E-state index in [9.17, 15) is 18.0 Å². The molecular formula is C22H29N3O4S. The maximum atomic E-state index is 12.6. The van der Waals surface area contributed by atoms with Gasteiger partial charge in [-0.2, -0.15) is 0 Å². The average molecular weight is 432 g/mol. The number of benzene rings is 2. The number of sulfonamides is 1. The van der Waals surface area contributed by atoms with E-state index in [0.29, 0.717) is 22.5 Å². The number of carbonyl (C=O) groups is 2. The van der Waals surface area contributed by atoms with Crippen LogP contribution in [0.15, 0.2) is 42.5 Å². The summed E-state index contributed by atoms with van der Waals surface area (Å²) in [5.74, 6) is -0.569. The van der Waals surface area contributed by atoms with Gasteiger partial charge in [-0.25, -0.2) is 8.42 Å². The fourth-order valence-electron chi connectivity index (χ4n) is 2.53. The summed E-state index contributed by atoms with van der Waals surface area (Å²) in [6.45, 7) is 10.4. The molecule has 0 bridgehead atoms. The number of carbonyl (C=O) groups excluding carboxylic acids is 2. The zero-order valence-electron chi connectivity index (χ0n) is 18.2. The van der Waals surface area contributed by atoms with Crippen LogP contribution in [0.3, 0.4) is 0 Å². The summed E-state index contributed by atoms with van der Waals surface area (Å²) in [6.07, 6.45) is 0. The molecule has 0 aliphatic heterocycles. The molecular weight excluding hydrogens is 402 g/mol. The molecule has 0 aliphatic rings. The molecule has 0 unspecified atom stereocenters. The maximum absolute atomic E-state index is 12.6. The van der Waals surface area contributed by atoms with Crippen molar-refractivity contribution in [3.8, 4) is 0 Å². The Bertz CT molecular complexity index is 1040. The summed E-state index contributed by atoms with van der Waals surface area (Å²) in [7, 11) is -3.55. The number of hydrogen-bond donors (Lipinski definition) is 3. The highest BCUT2D eigenvalue weighted by Gasteiger charge is 2.28. The zero-order valence-corrected chi connectivity index (χ0v) is 19.0. The Kier molecular flexibility index (Phi) is 6.92. The second-order valence-corrected chi connectivity index (χ2v) is 10.9. The van der Waals surface area contributed by atoms with E-state index in [4.69, 9.17) is 0 Å². The van der Waals surface area contributed by atoms with Crippen molar-refractivity contribution >= 4 is 33.2 Å². The van der Waals surface area contributed by atoms with E-state index in [-0.39, 0.29) is 17.9 Å². The fraction of sp³-hybridized carbons (Fsp3) is 0.364. The number of anilines is 2. The molecule has 8 heteroatoms. The Hall–Kier alpha value is -2.87. The van der Waals surface area contributed by atoms with Gasteiger partial charge in [0.05, 0.1) is 4.75 Å². The van der Waals surface area contributed by atoms with Crippen LogP contribution in [0.25, 0.3) is 0 Å². The third kappa shape index (κ3) is 6.06. The molecule has 0 heterocycles. The number of rotatable bonds is 6. The van der Waals surface area contributed by atoms with Crippen molar-refractivity contribution in [2.24, 2.45) is 0 Å². The lowest BCUT2D eigenvalue weighted by Gasteiger charge is -2.20. The normalized spacial score (nSPS) is 11.8. The van der Waals surface area contributed by atoms with E-state index in [2.05, 4.69) is 15.4 Å². The van der Waals surface area contributed by atoms with E-state index in [0.717, 1.165) is 5.56 Å². The molecule has 0 aliphatic carbocycles. The zero-order chi connectivity index (χ0) is 22.7. The molecule has 0 atom stereocenters. The monoisotopic (exact) mass is 431 g/mol. The van der Waals surface area contributed by atoms with Gasteiger partial charge in [0.15, 0.2) is 0 Å². The lowest BCUT2D eigenvalue weighted by atomic mass is 10.1. The van der Waals surface area contributed by atoms with Crippen LogP contribution >= 0.6 is 0 Å². The van der Waals surface area contributed by atoms with Crippen LogP contribution in [-0.4, -0.2) is 31.0 Å². The van der Waals surface area contributed by atoms with Crippen LogP contribution in [-0.2, 0) is 10.0 Å². The first-order valence-corrected chi connectivity index (χ1v) is 11.1. The molecule has 2 aromatic rings. The van der Waals surface area contributed by atoms with Crippen molar-refractivity contribution in [1.82, 2.24) is 5.32 Å². The minimum atomic E-state index is -3.55. The molecule has 0 radical (unpaired) electrons. The Morgan fingerprint density at radius 3 is 2.00 bits per heavy atom. The van der Waals surface area contributed by atoms with Crippen LogP contribution < -0.4 is 15.4 Å². The summed E-state index contributed by atoms with van der Waals surface area (Å²) in [4.78, 5) is 24.8. The molecule has 0 saturated heterocycles. The highest BCUT2D eigenvalue weighted by Crippen LogP contribution is 2.21. The van der Waals surface area contributed by atoms with Crippen molar-refractivity contribution in [3.05, 3.63) is 59.2 Å². The highest BCUT2D eigenvalue weighted by molar-refractivity contribution is 7.94. The average Bonchev–Trinajstić information content (AvgIpc) is 2.60. The van der Waals surface area contributed by atoms with Crippen molar-refractivity contribution in [2.75, 3.05) is 10.0 Å². The van der Waals surface area contributed by atoms with E-state index in [1.807, 2.05) is 20.8 Å². The van der Waals surface area contributed by atoms with Crippen LogP contribution in [0.2, 0.25) is 0 Å². The largest absolute Gasteiger partial charge is 0.350 e. The summed E-state index contributed by atoms with van der Waals surface area (Å²) >= 11 is 0. The van der Waals surface area contributed by atoms with Crippen molar-refractivity contribution in [2.45, 2.75) is 52.3 Å². The number of nitrogens with one attached hydrogen (secondary N) is 3. The van der Waals surface area contributed by atoms with Crippen molar-refractivity contribution in [3.63, 3.8) is 0 Å². The predicted octanol–water partition coefficient (Wildman–Crippen LogP) is 3.93. The molecule has 0 fully saturated rings. The molecule has 2 aromatic carbocycles. The van der Waals surface area contributed by atoms with Gasteiger partial charge >= 0.3 is 0 Å². The molecule has 0 saturated carbocycles. The van der Waals surface area contributed by atoms with Gasteiger partial charge in [-0.15, -0.1) is 0 Å². The second-order valence-electron chi connectivity index (χ2n) is 8.47. The predicted molar refractivity (Wildman–Crippen MR) is 120 cm³/mol. The van der Waals surface area contributed by atoms with Gasteiger partial charge < -0.3 is 10.6 Å². The highest BCUT2D eigenvalue weighted by atomic mass is 32.2. The molecule has 2 amide bonds. The van der Waals surface area contributed by atoms with Crippen LogP contribution in [0.4, 0.5) is 11.4 Å². The van der Waals surface area contributed by atoms with E-state index >= 15 is 0 Å². The molecule has 162 valence electrons. The topological polar surface area (TPSA) is 104 Å². The lowest BCUT2D eigenvalue weighted by molar-refractivity contribution is 0.0941. The summed E-state index contributed by atoms with van der Waals surface area (Å²) in [6, 6.07) is 11.3. The van der Waals surface area contributed by atoms with Gasteiger partial charge in [0, 0.05) is 28.5 Å². The molecule has 2 rings (SSSR count). The Labute approximate surface area is 178 Å². The first-order valence-electron chi connectivity index (χ1n) is 9.65. The van der Waals surface area contributed by atoms with E-state index < -0.39 is 14.8 Å². The lowest BCUT2D eigenvalue weighted by Crippen LogP contribution is -2.33. The molecule has 0 aromatic heterocycles. The Balaban J connectivity index is 2.15. The van der Waals surface area contributed by atoms with Gasteiger partial charge in [0.2, 0.25) is 10.0 Å². The third-order valence-corrected chi connectivity index (χ3v) is 6.34. The van der Waals surface area contributed by atoms with Crippen molar-refractivity contribution in [1.29, 1.82) is 0 Å². The number of aryl methyl sites for hydroxylation is 1. The van der Waals surface area contributed by atoms with Gasteiger partial charge in [-0.1, -0.05) is 0 Å². The van der Waals surface area contributed by atoms with Crippen LogP contribution in [0.5, 0.6) is 0 Å². The van der Waals surface area contributed by atoms with Crippen LogP contribution in [0, 0.1) is 6.92 Å². The van der Waals surface area contributed by atoms with Gasteiger partial charge in [0.25, 0.3) is 11.8 Å². The molecule has 0 spiro atoms. The SMILES string of the molecule is Cc1cc(NC(=O)c2ccc(NS(=O)(=O)C(C)(C)C)cc2)cc(C(=O)NC(C)C)c1. The minimum Gasteiger partial charge on any atom is -0.350 e. The maximum Gasteiger partial charge on any atom is 0.255 e. The quantitative estimate of drug-likeness (QED) is 0.645. The van der Waals surface area contributed by atoms with Crippen molar-refractivity contribution < 1.29 is 18.0 Å². The second kappa shape index (κ2) is 8.87. The smallest absolute Gasteiger partial charge is 0.255 e. The summed E-state index contributed by atoms with van der Waals surface area (Å²) < 4.78 is 26.1. The number of hydrogen-bond acceptors (Lipinski definition) is 4. The summed E-state index contributed by atoms with van der Waals surface area (Å²) in [5.41, 5.74) is 2.55. The standard InChI is InChI=1S/C22H29N3O4S/c1-14(2)23-21(27)17-11-15(3)12-19(13-17)24-20(26)16-7-9-18(10-8-16)25-30(28,29)22(4,5)6/h7-14,25H,1-6H3,(H,23,27)(H,24,26). The van der Waals surface area contributed by atoms with E-state index in [1.54, 1.807) is 39.0 Å². The number of amides is 2. The summed E-state index contributed by atoms with van der Waals surface area (Å²) in [5, 5.41) is 5.61. The van der Waals surface area contributed by atoms with Crippen LogP contribution in [0.1, 0.15) is 60.9 Å². The first-order chi connectivity index (χ1) is 13.8. The molecule has 3 N–H and O–H groups in total. The van der Waals surface area contributed by atoms with Gasteiger partial charge in [-0.05, 0) is 89.6 Å². The molecule has 30 heavy (non-hydrogen) atoms. The van der Waals surface area contributed by atoms with E-state index in [1.165, 1.54) is 24.3 Å². The minimum absolute atomic E-state index is 0.00488. The Morgan fingerprint density at radius 1 is 0.867 bits per heavy atom. The fourth-order valence-corrected chi connectivity index (χ4v) is 3.29. The van der Waals surface area contributed by atoms with Gasteiger partial charge in [0.1, 0.15) is 0 Å². The van der Waals surface area contributed by atoms with Gasteiger partial charge in [-0.3, -0.25) is 14.3 Å².